The van der Waals surface area contributed by atoms with Gasteiger partial charge in [-0.1, -0.05) is 18.2 Å². The number of amides is 1. The van der Waals surface area contributed by atoms with Crippen molar-refractivity contribution in [3.05, 3.63) is 47.5 Å². The molecule has 3 rings (SSSR count). The second-order valence-corrected chi connectivity index (χ2v) is 6.26. The number of anilines is 1. The molecule has 146 valence electrons. The van der Waals surface area contributed by atoms with Crippen molar-refractivity contribution >= 4 is 11.6 Å². The van der Waals surface area contributed by atoms with Crippen LogP contribution in [0, 0.1) is 13.8 Å². The van der Waals surface area contributed by atoms with E-state index >= 15 is 0 Å². The van der Waals surface area contributed by atoms with Crippen molar-refractivity contribution in [2.24, 2.45) is 0 Å². The minimum atomic E-state index is -0.217. The maximum atomic E-state index is 12.4. The van der Waals surface area contributed by atoms with Gasteiger partial charge in [0, 0.05) is 11.3 Å². The summed E-state index contributed by atoms with van der Waals surface area (Å²) in [5, 5.41) is 15.2. The highest BCUT2D eigenvalue weighted by Gasteiger charge is 2.13. The molecule has 0 aliphatic rings. The lowest BCUT2D eigenvalue weighted by Gasteiger charge is -2.10. The van der Waals surface area contributed by atoms with Gasteiger partial charge in [-0.05, 0) is 55.3 Å². The van der Waals surface area contributed by atoms with Crippen LogP contribution in [0.3, 0.4) is 0 Å². The minimum Gasteiger partial charge on any atom is -0.493 e. The number of para-hydroxylation sites is 1. The Kier molecular flexibility index (Phi) is 5.88. The summed E-state index contributed by atoms with van der Waals surface area (Å²) in [6.45, 7) is 6.28. The van der Waals surface area contributed by atoms with Crippen molar-refractivity contribution in [3.8, 4) is 22.9 Å². The molecule has 0 aliphatic carbocycles. The van der Waals surface area contributed by atoms with Crippen LogP contribution in [0.25, 0.3) is 11.4 Å². The van der Waals surface area contributed by atoms with E-state index in [2.05, 4.69) is 20.7 Å². The first-order valence-corrected chi connectivity index (χ1v) is 8.97. The second-order valence-electron chi connectivity index (χ2n) is 6.26. The van der Waals surface area contributed by atoms with Gasteiger partial charge in [0.15, 0.2) is 11.5 Å². The van der Waals surface area contributed by atoms with Gasteiger partial charge in [0.1, 0.15) is 6.54 Å². The second kappa shape index (κ2) is 8.51. The first-order chi connectivity index (χ1) is 13.5. The number of nitrogens with one attached hydrogen (secondary N) is 1. The molecule has 0 unspecified atom stereocenters. The Morgan fingerprint density at radius 1 is 1.14 bits per heavy atom. The zero-order valence-corrected chi connectivity index (χ0v) is 16.4. The van der Waals surface area contributed by atoms with Crippen LogP contribution in [0.4, 0.5) is 5.69 Å². The van der Waals surface area contributed by atoms with Gasteiger partial charge in [0.25, 0.3) is 0 Å². The van der Waals surface area contributed by atoms with Crippen LogP contribution in [0.5, 0.6) is 11.5 Å². The smallest absolute Gasteiger partial charge is 0.248 e. The quantitative estimate of drug-likeness (QED) is 0.676. The van der Waals surface area contributed by atoms with Crippen molar-refractivity contribution in [2.45, 2.75) is 27.3 Å². The van der Waals surface area contributed by atoms with Crippen LogP contribution < -0.4 is 14.8 Å². The predicted molar refractivity (Wildman–Crippen MR) is 106 cm³/mol. The fourth-order valence-corrected chi connectivity index (χ4v) is 2.83. The van der Waals surface area contributed by atoms with Crippen LogP contribution in [0.15, 0.2) is 36.4 Å². The van der Waals surface area contributed by atoms with E-state index in [1.54, 1.807) is 19.2 Å². The fourth-order valence-electron chi connectivity index (χ4n) is 2.83. The first-order valence-electron chi connectivity index (χ1n) is 8.97. The molecule has 0 bridgehead atoms. The van der Waals surface area contributed by atoms with Crippen molar-refractivity contribution in [1.82, 2.24) is 20.2 Å². The lowest BCUT2D eigenvalue weighted by molar-refractivity contribution is -0.117. The Hall–Kier alpha value is -3.42. The van der Waals surface area contributed by atoms with Crippen molar-refractivity contribution in [1.29, 1.82) is 0 Å². The Balaban J connectivity index is 1.74. The number of aryl methyl sites for hydroxylation is 2. The maximum Gasteiger partial charge on any atom is 0.248 e. The molecular formula is C20H23N5O3. The molecule has 0 saturated carbocycles. The van der Waals surface area contributed by atoms with Gasteiger partial charge >= 0.3 is 0 Å². The molecule has 1 amide bonds. The molecule has 1 heterocycles. The van der Waals surface area contributed by atoms with E-state index in [9.17, 15) is 4.79 Å². The molecular weight excluding hydrogens is 358 g/mol. The third-order valence-electron chi connectivity index (χ3n) is 4.21. The van der Waals surface area contributed by atoms with E-state index in [-0.39, 0.29) is 12.5 Å². The summed E-state index contributed by atoms with van der Waals surface area (Å²) in [5.74, 6) is 1.42. The topological polar surface area (TPSA) is 91.2 Å². The van der Waals surface area contributed by atoms with Crippen LogP contribution >= 0.6 is 0 Å². The number of hydrogen-bond acceptors (Lipinski definition) is 6. The normalized spacial score (nSPS) is 10.6. The summed E-state index contributed by atoms with van der Waals surface area (Å²) in [6, 6.07) is 11.3. The third kappa shape index (κ3) is 4.28. The van der Waals surface area contributed by atoms with Gasteiger partial charge in [-0.3, -0.25) is 4.79 Å². The highest BCUT2D eigenvalue weighted by molar-refractivity contribution is 5.92. The standard InChI is InChI=1S/C20H23N5O3/c1-5-28-17-11-15(9-10-16(17)27-4)20-22-24-25(23-20)12-18(26)21-19-13(2)7-6-8-14(19)3/h6-11H,5,12H2,1-4H3,(H,21,26). The third-order valence-corrected chi connectivity index (χ3v) is 4.21. The van der Waals surface area contributed by atoms with Crippen molar-refractivity contribution in [2.75, 3.05) is 19.0 Å². The number of aromatic nitrogens is 4. The highest BCUT2D eigenvalue weighted by Crippen LogP contribution is 2.31. The van der Waals surface area contributed by atoms with Crippen LogP contribution in [-0.2, 0) is 11.3 Å². The van der Waals surface area contributed by atoms with Crippen LogP contribution in [0.1, 0.15) is 18.1 Å². The van der Waals surface area contributed by atoms with Gasteiger partial charge < -0.3 is 14.8 Å². The zero-order valence-electron chi connectivity index (χ0n) is 16.4. The fraction of sp³-hybridized carbons (Fsp3) is 0.300. The van der Waals surface area contributed by atoms with E-state index in [1.807, 2.05) is 45.0 Å². The van der Waals surface area contributed by atoms with Crippen molar-refractivity contribution in [3.63, 3.8) is 0 Å². The molecule has 0 aliphatic heterocycles. The lowest BCUT2D eigenvalue weighted by atomic mass is 10.1. The molecule has 8 nitrogen and oxygen atoms in total. The highest BCUT2D eigenvalue weighted by atomic mass is 16.5. The minimum absolute atomic E-state index is 0.0325. The van der Waals surface area contributed by atoms with Gasteiger partial charge in [-0.2, -0.15) is 4.80 Å². The lowest BCUT2D eigenvalue weighted by Crippen LogP contribution is -2.21. The molecule has 0 saturated heterocycles. The number of carbonyl (C=O) groups is 1. The number of methoxy groups -OCH3 is 1. The Morgan fingerprint density at radius 2 is 1.89 bits per heavy atom. The predicted octanol–water partition coefficient (Wildman–Crippen LogP) is 3.00. The molecule has 0 radical (unpaired) electrons. The van der Waals surface area contributed by atoms with Gasteiger partial charge in [0.05, 0.1) is 13.7 Å². The SMILES string of the molecule is CCOc1cc(-c2nnn(CC(=O)Nc3c(C)cccc3C)n2)ccc1OC. The largest absolute Gasteiger partial charge is 0.493 e. The average Bonchev–Trinajstić information content (AvgIpc) is 3.13. The molecule has 28 heavy (non-hydrogen) atoms. The Morgan fingerprint density at radius 3 is 2.57 bits per heavy atom. The Labute approximate surface area is 163 Å². The molecule has 8 heteroatoms. The Bertz CT molecular complexity index is 963. The first kappa shape index (κ1) is 19.3. The summed E-state index contributed by atoms with van der Waals surface area (Å²) in [7, 11) is 1.58. The van der Waals surface area contributed by atoms with Crippen LogP contribution in [0.2, 0.25) is 0 Å². The van der Waals surface area contributed by atoms with Crippen molar-refractivity contribution < 1.29 is 14.3 Å². The summed E-state index contributed by atoms with van der Waals surface area (Å²) in [4.78, 5) is 13.6. The number of tetrazole rings is 1. The number of rotatable bonds is 7. The average molecular weight is 381 g/mol. The van der Waals surface area contributed by atoms with Gasteiger partial charge in [0.2, 0.25) is 11.7 Å². The maximum absolute atomic E-state index is 12.4. The van der Waals surface area contributed by atoms with E-state index < -0.39 is 0 Å². The van der Waals surface area contributed by atoms with E-state index in [1.165, 1.54) is 4.80 Å². The van der Waals surface area contributed by atoms with E-state index in [0.717, 1.165) is 22.4 Å². The molecule has 0 atom stereocenters. The molecule has 1 N–H and O–H groups in total. The molecule has 0 fully saturated rings. The summed E-state index contributed by atoms with van der Waals surface area (Å²) < 4.78 is 10.9. The van der Waals surface area contributed by atoms with Gasteiger partial charge in [-0.25, -0.2) is 0 Å². The van der Waals surface area contributed by atoms with E-state index in [0.29, 0.717) is 23.9 Å². The molecule has 0 spiro atoms. The number of ether oxygens (including phenoxy) is 2. The number of hydrogen-bond donors (Lipinski definition) is 1. The number of benzene rings is 2. The molecule has 3 aromatic rings. The monoisotopic (exact) mass is 381 g/mol. The molecule has 2 aromatic carbocycles. The van der Waals surface area contributed by atoms with Crippen LogP contribution in [-0.4, -0.2) is 39.8 Å². The summed E-state index contributed by atoms with van der Waals surface area (Å²) >= 11 is 0. The van der Waals surface area contributed by atoms with Gasteiger partial charge in [-0.15, -0.1) is 10.2 Å². The number of carbonyl (C=O) groups excluding carboxylic acids is 1. The summed E-state index contributed by atoms with van der Waals surface area (Å²) in [6.07, 6.45) is 0. The van der Waals surface area contributed by atoms with E-state index in [4.69, 9.17) is 9.47 Å². The molecule has 1 aromatic heterocycles. The number of nitrogens with zero attached hydrogens (tertiary/aromatic N) is 4. The zero-order chi connectivity index (χ0) is 20.1. The summed E-state index contributed by atoms with van der Waals surface area (Å²) in [5.41, 5.74) is 3.54.